The van der Waals surface area contributed by atoms with Crippen molar-refractivity contribution in [2.75, 3.05) is 26.6 Å². The highest BCUT2D eigenvalue weighted by atomic mass is 16.5. The van der Waals surface area contributed by atoms with Gasteiger partial charge in [-0.05, 0) is 24.6 Å². The molecule has 0 aliphatic heterocycles. The molecule has 0 saturated heterocycles. The van der Waals surface area contributed by atoms with Crippen LogP contribution >= 0.6 is 0 Å². The fourth-order valence-corrected chi connectivity index (χ4v) is 3.56. The van der Waals surface area contributed by atoms with Crippen LogP contribution in [-0.2, 0) is 17.6 Å². The molecule has 9 heteroatoms. The van der Waals surface area contributed by atoms with Crippen LogP contribution in [0.2, 0.25) is 0 Å². The number of hydrogen-bond donors (Lipinski definition) is 2. The number of aryl methyl sites for hydroxylation is 1. The Morgan fingerprint density at radius 2 is 1.71 bits per heavy atom. The topological polar surface area (TPSA) is 108 Å². The lowest BCUT2D eigenvalue weighted by atomic mass is 10.1. The van der Waals surface area contributed by atoms with Gasteiger partial charge in [0.1, 0.15) is 17.2 Å². The molecule has 2 aromatic carbocycles. The highest BCUT2D eigenvalue weighted by Crippen LogP contribution is 2.37. The van der Waals surface area contributed by atoms with Crippen molar-refractivity contribution >= 4 is 22.6 Å². The summed E-state index contributed by atoms with van der Waals surface area (Å²) >= 11 is 0. The maximum atomic E-state index is 12.5. The third-order valence-electron chi connectivity index (χ3n) is 5.32. The van der Waals surface area contributed by atoms with Gasteiger partial charge in [-0.25, -0.2) is 0 Å². The molecule has 0 aliphatic carbocycles. The average molecular weight is 463 g/mol. The Kier molecular flexibility index (Phi) is 6.82. The molecule has 0 radical (unpaired) electrons. The summed E-state index contributed by atoms with van der Waals surface area (Å²) in [4.78, 5) is 16.9. The number of amides is 1. The van der Waals surface area contributed by atoms with Gasteiger partial charge in [-0.2, -0.15) is 5.10 Å². The van der Waals surface area contributed by atoms with Gasteiger partial charge >= 0.3 is 0 Å². The number of ether oxygens (including phenoxy) is 4. The molecule has 34 heavy (non-hydrogen) atoms. The second kappa shape index (κ2) is 10.1. The van der Waals surface area contributed by atoms with E-state index >= 15 is 0 Å². The lowest BCUT2D eigenvalue weighted by Gasteiger charge is -2.14. The SMILES string of the molecule is CCc1cc(NC(=O)Cc2ccc(Oc3ccnc4cc(OC)c(OC)cc34)cc2OC)n[nH]1. The average Bonchev–Trinajstić information content (AvgIpc) is 3.31. The molecule has 0 spiro atoms. The Morgan fingerprint density at radius 1 is 0.941 bits per heavy atom. The largest absolute Gasteiger partial charge is 0.496 e. The summed E-state index contributed by atoms with van der Waals surface area (Å²) in [5.41, 5.74) is 2.39. The highest BCUT2D eigenvalue weighted by molar-refractivity contribution is 5.92. The summed E-state index contributed by atoms with van der Waals surface area (Å²) in [6.45, 7) is 2.01. The summed E-state index contributed by atoms with van der Waals surface area (Å²) < 4.78 is 22.4. The second-order valence-electron chi connectivity index (χ2n) is 7.47. The van der Waals surface area contributed by atoms with E-state index in [1.807, 2.05) is 25.1 Å². The molecule has 4 aromatic rings. The first kappa shape index (κ1) is 22.9. The van der Waals surface area contributed by atoms with Crippen molar-refractivity contribution in [3.05, 3.63) is 59.9 Å². The van der Waals surface area contributed by atoms with Gasteiger partial charge < -0.3 is 24.3 Å². The molecule has 2 heterocycles. The van der Waals surface area contributed by atoms with Gasteiger partial charge in [0.25, 0.3) is 0 Å². The number of benzene rings is 2. The van der Waals surface area contributed by atoms with E-state index in [0.717, 1.165) is 23.1 Å². The number of nitrogens with zero attached hydrogens (tertiary/aromatic N) is 2. The van der Waals surface area contributed by atoms with Gasteiger partial charge in [-0.3, -0.25) is 14.9 Å². The fourth-order valence-electron chi connectivity index (χ4n) is 3.56. The molecule has 0 fully saturated rings. The van der Waals surface area contributed by atoms with E-state index in [2.05, 4.69) is 20.5 Å². The molecule has 9 nitrogen and oxygen atoms in total. The van der Waals surface area contributed by atoms with Crippen LogP contribution in [0.25, 0.3) is 10.9 Å². The van der Waals surface area contributed by atoms with Crippen LogP contribution in [0.3, 0.4) is 0 Å². The van der Waals surface area contributed by atoms with Crippen LogP contribution in [0.4, 0.5) is 5.82 Å². The van der Waals surface area contributed by atoms with Crippen LogP contribution in [-0.4, -0.2) is 42.4 Å². The summed E-state index contributed by atoms with van der Waals surface area (Å²) in [5, 5.41) is 10.5. The lowest BCUT2D eigenvalue weighted by molar-refractivity contribution is -0.115. The molecular formula is C25H26N4O5. The third kappa shape index (κ3) is 4.88. The van der Waals surface area contributed by atoms with Crippen molar-refractivity contribution in [3.63, 3.8) is 0 Å². The van der Waals surface area contributed by atoms with Crippen molar-refractivity contribution in [1.29, 1.82) is 0 Å². The monoisotopic (exact) mass is 462 g/mol. The maximum Gasteiger partial charge on any atom is 0.230 e. The minimum absolute atomic E-state index is 0.132. The van der Waals surface area contributed by atoms with Crippen LogP contribution in [0, 0.1) is 0 Å². The fraction of sp³-hybridized carbons (Fsp3) is 0.240. The number of methoxy groups -OCH3 is 3. The molecule has 176 valence electrons. The highest BCUT2D eigenvalue weighted by Gasteiger charge is 2.14. The van der Waals surface area contributed by atoms with E-state index in [-0.39, 0.29) is 12.3 Å². The summed E-state index contributed by atoms with van der Waals surface area (Å²) in [5.74, 6) is 3.17. The molecule has 0 unspecified atom stereocenters. The zero-order chi connectivity index (χ0) is 24.1. The van der Waals surface area contributed by atoms with Gasteiger partial charge in [-0.1, -0.05) is 13.0 Å². The summed E-state index contributed by atoms with van der Waals surface area (Å²) in [6, 6.07) is 12.6. The number of aromatic nitrogens is 3. The number of hydrogen-bond acceptors (Lipinski definition) is 7. The Labute approximate surface area is 197 Å². The maximum absolute atomic E-state index is 12.5. The van der Waals surface area contributed by atoms with E-state index in [4.69, 9.17) is 18.9 Å². The number of pyridine rings is 1. The number of anilines is 1. The van der Waals surface area contributed by atoms with Crippen LogP contribution in [0.1, 0.15) is 18.2 Å². The van der Waals surface area contributed by atoms with Gasteiger partial charge in [-0.15, -0.1) is 0 Å². The number of carbonyl (C=O) groups is 1. The minimum Gasteiger partial charge on any atom is -0.496 e. The number of nitrogens with one attached hydrogen (secondary N) is 2. The number of aromatic amines is 1. The molecule has 2 aromatic heterocycles. The number of fused-ring (bicyclic) bond motifs is 1. The minimum atomic E-state index is -0.192. The summed E-state index contributed by atoms with van der Waals surface area (Å²) in [7, 11) is 4.71. The van der Waals surface area contributed by atoms with E-state index in [1.54, 1.807) is 51.8 Å². The quantitative estimate of drug-likeness (QED) is 0.377. The van der Waals surface area contributed by atoms with E-state index < -0.39 is 0 Å². The Balaban J connectivity index is 1.54. The van der Waals surface area contributed by atoms with Crippen LogP contribution in [0.5, 0.6) is 28.7 Å². The predicted molar refractivity (Wildman–Crippen MR) is 128 cm³/mol. The molecule has 0 aliphatic rings. The number of carbonyl (C=O) groups excluding carboxylic acids is 1. The van der Waals surface area contributed by atoms with Crippen molar-refractivity contribution < 1.29 is 23.7 Å². The summed E-state index contributed by atoms with van der Waals surface area (Å²) in [6.07, 6.45) is 2.61. The molecule has 0 bridgehead atoms. The first-order valence-corrected chi connectivity index (χ1v) is 10.7. The van der Waals surface area contributed by atoms with Crippen molar-refractivity contribution in [2.45, 2.75) is 19.8 Å². The smallest absolute Gasteiger partial charge is 0.230 e. The van der Waals surface area contributed by atoms with Crippen LogP contribution < -0.4 is 24.3 Å². The molecule has 0 atom stereocenters. The van der Waals surface area contributed by atoms with Crippen LogP contribution in [0.15, 0.2) is 48.7 Å². The van der Waals surface area contributed by atoms with Gasteiger partial charge in [0.2, 0.25) is 5.91 Å². The Morgan fingerprint density at radius 3 is 2.41 bits per heavy atom. The zero-order valence-corrected chi connectivity index (χ0v) is 19.5. The molecule has 0 saturated carbocycles. The van der Waals surface area contributed by atoms with Gasteiger partial charge in [0, 0.05) is 41.0 Å². The normalized spacial score (nSPS) is 10.7. The number of rotatable bonds is 9. The standard InChI is InChI=1S/C25H26N4O5/c1-5-16-11-24(29-28-16)27-25(30)10-15-6-7-17(12-21(15)31-2)34-20-8-9-26-19-14-23(33-4)22(32-3)13-18(19)20/h6-9,11-14H,5,10H2,1-4H3,(H2,27,28,29,30). The second-order valence-corrected chi connectivity index (χ2v) is 7.47. The van der Waals surface area contributed by atoms with Gasteiger partial charge in [0.05, 0.1) is 33.3 Å². The van der Waals surface area contributed by atoms with E-state index in [1.165, 1.54) is 0 Å². The predicted octanol–water partition coefficient (Wildman–Crippen LogP) is 4.52. The van der Waals surface area contributed by atoms with E-state index in [0.29, 0.717) is 40.1 Å². The number of H-pyrrole nitrogens is 1. The lowest BCUT2D eigenvalue weighted by Crippen LogP contribution is -2.15. The first-order valence-electron chi connectivity index (χ1n) is 10.7. The van der Waals surface area contributed by atoms with Gasteiger partial charge in [0.15, 0.2) is 17.3 Å². The molecule has 2 N–H and O–H groups in total. The molecular weight excluding hydrogens is 436 g/mol. The van der Waals surface area contributed by atoms with Crippen molar-refractivity contribution in [1.82, 2.24) is 15.2 Å². The van der Waals surface area contributed by atoms with E-state index in [9.17, 15) is 4.79 Å². The van der Waals surface area contributed by atoms with Crippen molar-refractivity contribution in [3.8, 4) is 28.7 Å². The zero-order valence-electron chi connectivity index (χ0n) is 19.5. The van der Waals surface area contributed by atoms with Crippen molar-refractivity contribution in [2.24, 2.45) is 0 Å². The third-order valence-corrected chi connectivity index (χ3v) is 5.32. The molecule has 4 rings (SSSR count). The Bertz CT molecular complexity index is 1320. The first-order chi connectivity index (χ1) is 16.5. The Hall–Kier alpha value is -4.27. The molecule has 1 amide bonds.